The second-order valence-electron chi connectivity index (χ2n) is 6.12. The molecule has 1 amide bonds. The van der Waals surface area contributed by atoms with E-state index in [9.17, 15) is 4.79 Å². The number of benzene rings is 1. The normalized spacial score (nSPS) is 23.6. The van der Waals surface area contributed by atoms with Crippen LogP contribution in [0, 0.1) is 5.41 Å². The summed E-state index contributed by atoms with van der Waals surface area (Å²) in [5, 5.41) is 7.30. The third kappa shape index (κ3) is 4.21. The van der Waals surface area contributed by atoms with Crippen LogP contribution >= 0.6 is 11.6 Å². The fraction of sp³-hybridized carbons (Fsp3) is 0.588. The van der Waals surface area contributed by atoms with Gasteiger partial charge in [0.05, 0.1) is 5.41 Å². The summed E-state index contributed by atoms with van der Waals surface area (Å²) in [5.41, 5.74) is 0.964. The molecule has 2 rings (SSSR count). The summed E-state index contributed by atoms with van der Waals surface area (Å²) in [4.78, 5) is 12.6. The molecular formula is C17H25ClN2O. The molecule has 3 nitrogen and oxygen atoms in total. The quantitative estimate of drug-likeness (QED) is 0.877. The standard InChI is InChI=1S/C17H25ClN2O/c1-3-17(9-4-10-19-12-17)16(21)20-13(2)11-14-5-7-15(18)8-6-14/h5-8,13,19H,3-4,9-12H2,1-2H3,(H,20,21). The SMILES string of the molecule is CCC1(C(=O)NC(C)Cc2ccc(Cl)cc2)CCCNC1. The molecule has 0 aliphatic carbocycles. The predicted molar refractivity (Wildman–Crippen MR) is 87.6 cm³/mol. The lowest BCUT2D eigenvalue weighted by Crippen LogP contribution is -2.52. The lowest BCUT2D eigenvalue weighted by atomic mass is 9.77. The molecule has 1 aliphatic heterocycles. The molecule has 2 unspecified atom stereocenters. The number of rotatable bonds is 5. The first-order chi connectivity index (χ1) is 10.1. The highest BCUT2D eigenvalue weighted by Crippen LogP contribution is 2.30. The van der Waals surface area contributed by atoms with Gasteiger partial charge in [-0.15, -0.1) is 0 Å². The molecule has 1 aromatic carbocycles. The minimum atomic E-state index is -0.230. The van der Waals surface area contributed by atoms with Crippen LogP contribution in [-0.2, 0) is 11.2 Å². The zero-order valence-corrected chi connectivity index (χ0v) is 13.7. The Balaban J connectivity index is 1.93. The van der Waals surface area contributed by atoms with E-state index >= 15 is 0 Å². The highest BCUT2D eigenvalue weighted by molar-refractivity contribution is 6.30. The highest BCUT2D eigenvalue weighted by Gasteiger charge is 2.38. The van der Waals surface area contributed by atoms with Crippen molar-refractivity contribution in [3.05, 3.63) is 34.9 Å². The van der Waals surface area contributed by atoms with Gasteiger partial charge in [-0.2, -0.15) is 0 Å². The molecule has 1 saturated heterocycles. The number of piperidine rings is 1. The second kappa shape index (κ2) is 7.28. The maximum Gasteiger partial charge on any atom is 0.227 e. The van der Waals surface area contributed by atoms with Crippen LogP contribution in [-0.4, -0.2) is 25.0 Å². The molecule has 0 bridgehead atoms. The van der Waals surface area contributed by atoms with Crippen LogP contribution in [0.25, 0.3) is 0 Å². The van der Waals surface area contributed by atoms with E-state index < -0.39 is 0 Å². The molecule has 1 fully saturated rings. The summed E-state index contributed by atoms with van der Waals surface area (Å²) < 4.78 is 0. The van der Waals surface area contributed by atoms with Crippen molar-refractivity contribution in [2.45, 2.75) is 45.6 Å². The Hall–Kier alpha value is -1.06. The Labute approximate surface area is 132 Å². The van der Waals surface area contributed by atoms with E-state index in [2.05, 4.69) is 24.5 Å². The average Bonchev–Trinajstić information content (AvgIpc) is 2.50. The van der Waals surface area contributed by atoms with Crippen LogP contribution in [0.3, 0.4) is 0 Å². The van der Waals surface area contributed by atoms with Gasteiger partial charge in [-0.25, -0.2) is 0 Å². The van der Waals surface area contributed by atoms with Crippen LogP contribution in [0.5, 0.6) is 0 Å². The lowest BCUT2D eigenvalue weighted by Gasteiger charge is -2.36. The fourth-order valence-corrected chi connectivity index (χ4v) is 3.15. The Bertz CT molecular complexity index is 466. The fourth-order valence-electron chi connectivity index (χ4n) is 3.03. The molecule has 0 saturated carbocycles. The van der Waals surface area contributed by atoms with E-state index in [1.165, 1.54) is 5.56 Å². The first-order valence-electron chi connectivity index (χ1n) is 7.82. The molecule has 116 valence electrons. The van der Waals surface area contributed by atoms with Gasteiger partial charge in [0.25, 0.3) is 0 Å². The number of carbonyl (C=O) groups excluding carboxylic acids is 1. The van der Waals surface area contributed by atoms with E-state index in [0.717, 1.165) is 43.8 Å². The summed E-state index contributed by atoms with van der Waals surface area (Å²) >= 11 is 5.89. The Morgan fingerprint density at radius 2 is 2.14 bits per heavy atom. The first kappa shape index (κ1) is 16.3. The monoisotopic (exact) mass is 308 g/mol. The van der Waals surface area contributed by atoms with Crippen LogP contribution in [0.15, 0.2) is 24.3 Å². The lowest BCUT2D eigenvalue weighted by molar-refractivity contribution is -0.133. The number of carbonyl (C=O) groups is 1. The topological polar surface area (TPSA) is 41.1 Å². The maximum absolute atomic E-state index is 12.6. The molecule has 1 aromatic rings. The van der Waals surface area contributed by atoms with Gasteiger partial charge >= 0.3 is 0 Å². The highest BCUT2D eigenvalue weighted by atomic mass is 35.5. The van der Waals surface area contributed by atoms with Gasteiger partial charge in [-0.3, -0.25) is 4.79 Å². The molecule has 4 heteroatoms. The van der Waals surface area contributed by atoms with Crippen molar-refractivity contribution >= 4 is 17.5 Å². The van der Waals surface area contributed by atoms with Crippen molar-refractivity contribution in [3.63, 3.8) is 0 Å². The zero-order chi connectivity index (χ0) is 15.3. The minimum absolute atomic E-state index is 0.129. The molecular weight excluding hydrogens is 284 g/mol. The van der Waals surface area contributed by atoms with Crippen molar-refractivity contribution in [1.82, 2.24) is 10.6 Å². The number of amides is 1. The molecule has 1 aliphatic rings. The van der Waals surface area contributed by atoms with Crippen molar-refractivity contribution in [3.8, 4) is 0 Å². The predicted octanol–water partition coefficient (Wildman–Crippen LogP) is 3.17. The summed E-state index contributed by atoms with van der Waals surface area (Å²) in [7, 11) is 0. The molecule has 1 heterocycles. The smallest absolute Gasteiger partial charge is 0.227 e. The molecule has 2 atom stereocenters. The molecule has 21 heavy (non-hydrogen) atoms. The zero-order valence-electron chi connectivity index (χ0n) is 12.9. The minimum Gasteiger partial charge on any atom is -0.353 e. The summed E-state index contributed by atoms with van der Waals surface area (Å²) in [6, 6.07) is 7.95. The number of hydrogen-bond donors (Lipinski definition) is 2. The third-order valence-corrected chi connectivity index (χ3v) is 4.72. The van der Waals surface area contributed by atoms with Gasteiger partial charge in [0.15, 0.2) is 0 Å². The first-order valence-corrected chi connectivity index (χ1v) is 8.20. The van der Waals surface area contributed by atoms with Gasteiger partial charge in [0, 0.05) is 17.6 Å². The summed E-state index contributed by atoms with van der Waals surface area (Å²) in [6.07, 6.45) is 3.78. The third-order valence-electron chi connectivity index (χ3n) is 4.46. The van der Waals surface area contributed by atoms with E-state index in [-0.39, 0.29) is 17.4 Å². The molecule has 0 spiro atoms. The van der Waals surface area contributed by atoms with Crippen molar-refractivity contribution in [2.75, 3.05) is 13.1 Å². The van der Waals surface area contributed by atoms with Crippen molar-refractivity contribution in [1.29, 1.82) is 0 Å². The Morgan fingerprint density at radius 1 is 1.43 bits per heavy atom. The molecule has 0 radical (unpaired) electrons. The van der Waals surface area contributed by atoms with Crippen LogP contribution in [0.4, 0.5) is 0 Å². The molecule has 0 aromatic heterocycles. The van der Waals surface area contributed by atoms with Crippen LogP contribution in [0.2, 0.25) is 5.02 Å². The number of hydrogen-bond acceptors (Lipinski definition) is 2. The van der Waals surface area contributed by atoms with Crippen molar-refractivity contribution in [2.24, 2.45) is 5.41 Å². The van der Waals surface area contributed by atoms with Crippen LogP contribution < -0.4 is 10.6 Å². The Morgan fingerprint density at radius 3 is 2.71 bits per heavy atom. The van der Waals surface area contributed by atoms with E-state index in [4.69, 9.17) is 11.6 Å². The van der Waals surface area contributed by atoms with Gasteiger partial charge in [-0.05, 0) is 56.8 Å². The molecule has 2 N–H and O–H groups in total. The van der Waals surface area contributed by atoms with E-state index in [1.54, 1.807) is 0 Å². The van der Waals surface area contributed by atoms with Gasteiger partial charge < -0.3 is 10.6 Å². The largest absolute Gasteiger partial charge is 0.353 e. The average molecular weight is 309 g/mol. The maximum atomic E-state index is 12.6. The van der Waals surface area contributed by atoms with Crippen molar-refractivity contribution < 1.29 is 4.79 Å². The van der Waals surface area contributed by atoms with Gasteiger partial charge in [0.1, 0.15) is 0 Å². The van der Waals surface area contributed by atoms with E-state index in [0.29, 0.717) is 0 Å². The summed E-state index contributed by atoms with van der Waals surface area (Å²) in [6.45, 7) is 5.99. The van der Waals surface area contributed by atoms with E-state index in [1.807, 2.05) is 24.3 Å². The second-order valence-corrected chi connectivity index (χ2v) is 6.56. The van der Waals surface area contributed by atoms with Gasteiger partial charge in [0.2, 0.25) is 5.91 Å². The number of halogens is 1. The van der Waals surface area contributed by atoms with Gasteiger partial charge in [-0.1, -0.05) is 30.7 Å². The summed E-state index contributed by atoms with van der Waals surface area (Å²) in [5.74, 6) is 0.193. The Kier molecular flexibility index (Phi) is 5.65. The van der Waals surface area contributed by atoms with Crippen LogP contribution in [0.1, 0.15) is 38.7 Å². The number of nitrogens with one attached hydrogen (secondary N) is 2.